The van der Waals surface area contributed by atoms with Crippen LogP contribution in [0.1, 0.15) is 31.9 Å². The number of rotatable bonds is 7. The average molecular weight is 368 g/mol. The molecular formula is C21H24N2O4. The second-order valence-electron chi connectivity index (χ2n) is 6.80. The minimum atomic E-state index is -0.445. The lowest BCUT2D eigenvalue weighted by Crippen LogP contribution is -2.32. The summed E-state index contributed by atoms with van der Waals surface area (Å²) in [6.07, 6.45) is 0.197. The van der Waals surface area contributed by atoms with Crippen molar-refractivity contribution in [3.63, 3.8) is 0 Å². The number of carbonyl (C=O) groups is 1. The van der Waals surface area contributed by atoms with Gasteiger partial charge in [-0.05, 0) is 35.7 Å². The molecule has 6 nitrogen and oxygen atoms in total. The van der Waals surface area contributed by atoms with Crippen LogP contribution >= 0.6 is 0 Å². The first kappa shape index (κ1) is 18.8. The predicted molar refractivity (Wildman–Crippen MR) is 104 cm³/mol. The number of carbonyl (C=O) groups excluding carboxylic acids is 1. The highest BCUT2D eigenvalue weighted by Crippen LogP contribution is 2.24. The zero-order chi connectivity index (χ0) is 19.4. The maximum absolute atomic E-state index is 12.5. The smallest absolute Gasteiger partial charge is 0.419 e. The first-order valence-corrected chi connectivity index (χ1v) is 9.01. The highest BCUT2D eigenvalue weighted by Gasteiger charge is 2.19. The topological polar surface area (TPSA) is 73.5 Å². The van der Waals surface area contributed by atoms with Crippen LogP contribution in [-0.2, 0) is 11.3 Å². The van der Waals surface area contributed by atoms with E-state index in [1.165, 1.54) is 4.57 Å². The Morgan fingerprint density at radius 2 is 1.85 bits per heavy atom. The lowest BCUT2D eigenvalue weighted by Gasteiger charge is -2.23. The van der Waals surface area contributed by atoms with Crippen molar-refractivity contribution in [1.29, 1.82) is 0 Å². The molecule has 2 aromatic carbocycles. The zero-order valence-corrected chi connectivity index (χ0v) is 15.8. The summed E-state index contributed by atoms with van der Waals surface area (Å²) in [6.45, 7) is 4.39. The molecule has 1 heterocycles. The van der Waals surface area contributed by atoms with Gasteiger partial charge < -0.3 is 14.5 Å². The molecule has 6 heteroatoms. The number of oxazole rings is 1. The number of amides is 1. The second kappa shape index (κ2) is 8.12. The van der Waals surface area contributed by atoms with Gasteiger partial charge in [-0.3, -0.25) is 9.36 Å². The molecule has 1 N–H and O–H groups in total. The number of methoxy groups -OCH3 is 1. The van der Waals surface area contributed by atoms with E-state index in [0.29, 0.717) is 11.1 Å². The van der Waals surface area contributed by atoms with Crippen LogP contribution in [0.2, 0.25) is 0 Å². The summed E-state index contributed by atoms with van der Waals surface area (Å²) in [5.74, 6) is 0.444. The highest BCUT2D eigenvalue weighted by atomic mass is 16.5. The first-order chi connectivity index (χ1) is 13.0. The maximum Gasteiger partial charge on any atom is 0.419 e. The Kier molecular flexibility index (Phi) is 5.64. The summed E-state index contributed by atoms with van der Waals surface area (Å²) < 4.78 is 11.9. The van der Waals surface area contributed by atoms with Crippen LogP contribution in [0.4, 0.5) is 0 Å². The van der Waals surface area contributed by atoms with Gasteiger partial charge in [0.15, 0.2) is 5.58 Å². The quantitative estimate of drug-likeness (QED) is 0.693. The summed E-state index contributed by atoms with van der Waals surface area (Å²) in [6, 6.07) is 14.8. The summed E-state index contributed by atoms with van der Waals surface area (Å²) in [5.41, 5.74) is 2.25. The molecule has 27 heavy (non-hydrogen) atoms. The molecule has 0 bridgehead atoms. The number of ether oxygens (including phenoxy) is 1. The third-order valence-electron chi connectivity index (χ3n) is 4.59. The SMILES string of the molecule is COc1ccc(C(NC(=O)CCn2c(=O)oc3ccccc32)C(C)C)cc1. The summed E-state index contributed by atoms with van der Waals surface area (Å²) in [5, 5.41) is 3.07. The van der Waals surface area contributed by atoms with E-state index >= 15 is 0 Å². The van der Waals surface area contributed by atoms with Crippen molar-refractivity contribution in [2.75, 3.05) is 7.11 Å². The third kappa shape index (κ3) is 4.22. The fourth-order valence-corrected chi connectivity index (χ4v) is 3.13. The van der Waals surface area contributed by atoms with Gasteiger partial charge in [0.05, 0.1) is 18.7 Å². The van der Waals surface area contributed by atoms with Crippen molar-refractivity contribution in [3.05, 3.63) is 64.6 Å². The van der Waals surface area contributed by atoms with E-state index in [-0.39, 0.29) is 30.8 Å². The summed E-state index contributed by atoms with van der Waals surface area (Å²) in [7, 11) is 1.62. The Morgan fingerprint density at radius 1 is 1.15 bits per heavy atom. The molecule has 0 fully saturated rings. The number of nitrogens with zero attached hydrogens (tertiary/aromatic N) is 1. The largest absolute Gasteiger partial charge is 0.497 e. The van der Waals surface area contributed by atoms with Gasteiger partial charge in [0.1, 0.15) is 5.75 Å². The number of benzene rings is 2. The molecule has 0 spiro atoms. The van der Waals surface area contributed by atoms with Crippen molar-refractivity contribution in [1.82, 2.24) is 9.88 Å². The van der Waals surface area contributed by atoms with Gasteiger partial charge in [-0.25, -0.2) is 4.79 Å². The first-order valence-electron chi connectivity index (χ1n) is 9.01. The minimum Gasteiger partial charge on any atom is -0.497 e. The lowest BCUT2D eigenvalue weighted by atomic mass is 9.96. The van der Waals surface area contributed by atoms with Gasteiger partial charge in [0, 0.05) is 13.0 Å². The van der Waals surface area contributed by atoms with Gasteiger partial charge in [0.2, 0.25) is 5.91 Å². The number of aromatic nitrogens is 1. The average Bonchev–Trinajstić information content (AvgIpc) is 2.99. The molecular weight excluding hydrogens is 344 g/mol. The number of hydrogen-bond acceptors (Lipinski definition) is 4. The van der Waals surface area contributed by atoms with E-state index in [2.05, 4.69) is 19.2 Å². The zero-order valence-electron chi connectivity index (χ0n) is 15.8. The Labute approximate surface area is 157 Å². The third-order valence-corrected chi connectivity index (χ3v) is 4.59. The second-order valence-corrected chi connectivity index (χ2v) is 6.80. The molecule has 1 aromatic heterocycles. The van der Waals surface area contributed by atoms with Crippen LogP contribution in [-0.4, -0.2) is 17.6 Å². The van der Waals surface area contributed by atoms with E-state index in [4.69, 9.17) is 9.15 Å². The van der Waals surface area contributed by atoms with Gasteiger partial charge in [0.25, 0.3) is 0 Å². The Bertz CT molecular complexity index is 970. The van der Waals surface area contributed by atoms with Crippen molar-refractivity contribution in [2.24, 2.45) is 5.92 Å². The Morgan fingerprint density at radius 3 is 2.52 bits per heavy atom. The molecule has 1 amide bonds. The molecule has 1 unspecified atom stereocenters. The number of aryl methyl sites for hydroxylation is 1. The molecule has 1 atom stereocenters. The lowest BCUT2D eigenvalue weighted by molar-refractivity contribution is -0.122. The molecule has 0 saturated heterocycles. The number of hydrogen-bond donors (Lipinski definition) is 1. The number of fused-ring (bicyclic) bond motifs is 1. The number of nitrogens with one attached hydrogen (secondary N) is 1. The predicted octanol–water partition coefficient (Wildman–Crippen LogP) is 3.51. The van der Waals surface area contributed by atoms with Crippen molar-refractivity contribution < 1.29 is 13.9 Å². The normalized spacial score (nSPS) is 12.3. The Hall–Kier alpha value is -3.02. The highest BCUT2D eigenvalue weighted by molar-refractivity contribution is 5.77. The standard InChI is InChI=1S/C21H24N2O4/c1-14(2)20(15-8-10-16(26-3)11-9-15)22-19(24)12-13-23-17-6-4-5-7-18(17)27-21(23)25/h4-11,14,20H,12-13H2,1-3H3,(H,22,24). The maximum atomic E-state index is 12.5. The van der Waals surface area contributed by atoms with Crippen molar-refractivity contribution >= 4 is 17.0 Å². The van der Waals surface area contributed by atoms with Gasteiger partial charge in [-0.1, -0.05) is 38.1 Å². The van der Waals surface area contributed by atoms with Crippen LogP contribution in [0.3, 0.4) is 0 Å². The van der Waals surface area contributed by atoms with Gasteiger partial charge in [-0.2, -0.15) is 0 Å². The molecule has 0 aliphatic heterocycles. The minimum absolute atomic E-state index is 0.110. The van der Waals surface area contributed by atoms with E-state index in [1.807, 2.05) is 42.5 Å². The summed E-state index contributed by atoms with van der Waals surface area (Å²) >= 11 is 0. The molecule has 3 rings (SSSR count). The van der Waals surface area contributed by atoms with Gasteiger partial charge in [-0.15, -0.1) is 0 Å². The Balaban J connectivity index is 1.69. The molecule has 0 aliphatic carbocycles. The molecule has 3 aromatic rings. The molecule has 0 aliphatic rings. The van der Waals surface area contributed by atoms with E-state index in [0.717, 1.165) is 11.3 Å². The number of para-hydroxylation sites is 2. The van der Waals surface area contributed by atoms with Crippen LogP contribution < -0.4 is 15.8 Å². The van der Waals surface area contributed by atoms with Crippen LogP contribution in [0.25, 0.3) is 11.1 Å². The fourth-order valence-electron chi connectivity index (χ4n) is 3.13. The van der Waals surface area contributed by atoms with E-state index in [9.17, 15) is 9.59 Å². The van der Waals surface area contributed by atoms with Crippen LogP contribution in [0.15, 0.2) is 57.7 Å². The van der Waals surface area contributed by atoms with E-state index in [1.54, 1.807) is 13.2 Å². The van der Waals surface area contributed by atoms with Crippen molar-refractivity contribution in [3.8, 4) is 5.75 Å². The van der Waals surface area contributed by atoms with E-state index < -0.39 is 5.76 Å². The molecule has 142 valence electrons. The fraction of sp³-hybridized carbons (Fsp3) is 0.333. The van der Waals surface area contributed by atoms with Crippen molar-refractivity contribution in [2.45, 2.75) is 32.9 Å². The van der Waals surface area contributed by atoms with Gasteiger partial charge >= 0.3 is 5.76 Å². The van der Waals surface area contributed by atoms with Crippen LogP contribution in [0, 0.1) is 5.92 Å². The molecule has 0 radical (unpaired) electrons. The van der Waals surface area contributed by atoms with Crippen LogP contribution in [0.5, 0.6) is 5.75 Å². The summed E-state index contributed by atoms with van der Waals surface area (Å²) in [4.78, 5) is 24.5. The molecule has 0 saturated carbocycles. The monoisotopic (exact) mass is 368 g/mol.